The predicted molar refractivity (Wildman–Crippen MR) is 84.0 cm³/mol. The summed E-state index contributed by atoms with van der Waals surface area (Å²) < 4.78 is 5.91. The van der Waals surface area contributed by atoms with Crippen LogP contribution in [0.1, 0.15) is 12.1 Å². The van der Waals surface area contributed by atoms with Gasteiger partial charge in [0.25, 0.3) is 0 Å². The standard InChI is InChI=1S/C16H24N4O2/c1-13-4-3-5-15(17-13)22-14-6-7-20(12-14)16(21)19-10-8-18(2)9-11-19/h3-5,14H,6-12H2,1-2H3. The quantitative estimate of drug-likeness (QED) is 0.824. The molecule has 0 aromatic carbocycles. The van der Waals surface area contributed by atoms with E-state index in [9.17, 15) is 4.79 Å². The molecule has 6 nitrogen and oxygen atoms in total. The number of hydrogen-bond donors (Lipinski definition) is 0. The zero-order chi connectivity index (χ0) is 15.5. The van der Waals surface area contributed by atoms with E-state index in [0.717, 1.165) is 44.8 Å². The van der Waals surface area contributed by atoms with Crippen molar-refractivity contribution < 1.29 is 9.53 Å². The number of nitrogens with zero attached hydrogens (tertiary/aromatic N) is 4. The number of aryl methyl sites for hydroxylation is 1. The van der Waals surface area contributed by atoms with Crippen LogP contribution in [0.5, 0.6) is 5.88 Å². The van der Waals surface area contributed by atoms with Crippen molar-refractivity contribution in [1.29, 1.82) is 0 Å². The van der Waals surface area contributed by atoms with Crippen molar-refractivity contribution in [2.45, 2.75) is 19.4 Å². The smallest absolute Gasteiger partial charge is 0.320 e. The Morgan fingerprint density at radius 3 is 2.68 bits per heavy atom. The van der Waals surface area contributed by atoms with Gasteiger partial charge in [-0.25, -0.2) is 9.78 Å². The first kappa shape index (κ1) is 15.1. The van der Waals surface area contributed by atoms with Gasteiger partial charge in [0, 0.05) is 50.9 Å². The van der Waals surface area contributed by atoms with Crippen molar-refractivity contribution in [3.63, 3.8) is 0 Å². The lowest BCUT2D eigenvalue weighted by molar-refractivity contribution is 0.123. The maximum absolute atomic E-state index is 12.5. The summed E-state index contributed by atoms with van der Waals surface area (Å²) in [6.45, 7) is 6.90. The molecule has 0 aliphatic carbocycles. The second-order valence-electron chi connectivity index (χ2n) is 6.16. The largest absolute Gasteiger partial charge is 0.472 e. The average Bonchev–Trinajstić information content (AvgIpc) is 2.96. The van der Waals surface area contributed by atoms with Gasteiger partial charge >= 0.3 is 6.03 Å². The fourth-order valence-corrected chi connectivity index (χ4v) is 2.95. The third kappa shape index (κ3) is 3.50. The fourth-order valence-electron chi connectivity index (χ4n) is 2.95. The molecule has 2 saturated heterocycles. The normalized spacial score (nSPS) is 22.9. The van der Waals surface area contributed by atoms with Gasteiger partial charge in [-0.1, -0.05) is 6.07 Å². The summed E-state index contributed by atoms with van der Waals surface area (Å²) in [6, 6.07) is 5.92. The first-order valence-electron chi connectivity index (χ1n) is 7.94. The van der Waals surface area contributed by atoms with Crippen molar-refractivity contribution in [3.05, 3.63) is 23.9 Å². The lowest BCUT2D eigenvalue weighted by Gasteiger charge is -2.34. The number of amides is 2. The minimum atomic E-state index is 0.0470. The first-order valence-corrected chi connectivity index (χ1v) is 7.94. The highest BCUT2D eigenvalue weighted by molar-refractivity contribution is 5.75. The summed E-state index contributed by atoms with van der Waals surface area (Å²) in [4.78, 5) is 23.0. The molecule has 3 rings (SSSR count). The van der Waals surface area contributed by atoms with Crippen molar-refractivity contribution in [1.82, 2.24) is 19.7 Å². The molecular formula is C16H24N4O2. The van der Waals surface area contributed by atoms with Crippen molar-refractivity contribution in [3.8, 4) is 5.88 Å². The van der Waals surface area contributed by atoms with Crippen LogP contribution in [-0.2, 0) is 0 Å². The van der Waals surface area contributed by atoms with Crippen LogP contribution in [0.15, 0.2) is 18.2 Å². The van der Waals surface area contributed by atoms with E-state index in [1.54, 1.807) is 0 Å². The molecule has 3 heterocycles. The van der Waals surface area contributed by atoms with Crippen LogP contribution in [0.2, 0.25) is 0 Å². The SMILES string of the molecule is Cc1cccc(OC2CCN(C(=O)N3CCN(C)CC3)C2)n1. The van der Waals surface area contributed by atoms with Crippen molar-refractivity contribution >= 4 is 6.03 Å². The molecule has 120 valence electrons. The van der Waals surface area contributed by atoms with Crippen LogP contribution in [0, 0.1) is 6.92 Å². The van der Waals surface area contributed by atoms with Crippen LogP contribution in [-0.4, -0.2) is 78.1 Å². The molecule has 2 amide bonds. The maximum Gasteiger partial charge on any atom is 0.320 e. The molecule has 1 atom stereocenters. The molecule has 2 fully saturated rings. The number of carbonyl (C=O) groups is 1. The number of carbonyl (C=O) groups excluding carboxylic acids is 1. The zero-order valence-corrected chi connectivity index (χ0v) is 13.4. The van der Waals surface area contributed by atoms with Crippen LogP contribution in [0.4, 0.5) is 4.79 Å². The van der Waals surface area contributed by atoms with E-state index in [4.69, 9.17) is 4.74 Å². The lowest BCUT2D eigenvalue weighted by Crippen LogP contribution is -2.51. The number of ether oxygens (including phenoxy) is 1. The molecule has 1 aromatic rings. The third-order valence-electron chi connectivity index (χ3n) is 4.34. The molecular weight excluding hydrogens is 280 g/mol. The van der Waals surface area contributed by atoms with Gasteiger partial charge in [-0.2, -0.15) is 0 Å². The van der Waals surface area contributed by atoms with Crippen LogP contribution in [0.25, 0.3) is 0 Å². The summed E-state index contributed by atoms with van der Waals surface area (Å²) >= 11 is 0. The highest BCUT2D eigenvalue weighted by Crippen LogP contribution is 2.18. The average molecular weight is 304 g/mol. The van der Waals surface area contributed by atoms with E-state index in [1.807, 2.05) is 34.9 Å². The van der Waals surface area contributed by atoms with Gasteiger partial charge in [0.15, 0.2) is 0 Å². The van der Waals surface area contributed by atoms with Gasteiger partial charge in [0.1, 0.15) is 6.10 Å². The van der Waals surface area contributed by atoms with Gasteiger partial charge in [0.2, 0.25) is 5.88 Å². The van der Waals surface area contributed by atoms with E-state index in [0.29, 0.717) is 12.4 Å². The van der Waals surface area contributed by atoms with Crippen LogP contribution in [0.3, 0.4) is 0 Å². The van der Waals surface area contributed by atoms with Crippen LogP contribution >= 0.6 is 0 Å². The monoisotopic (exact) mass is 304 g/mol. The molecule has 22 heavy (non-hydrogen) atoms. The summed E-state index contributed by atoms with van der Waals surface area (Å²) in [5.41, 5.74) is 0.945. The molecule has 2 aliphatic rings. The second-order valence-corrected chi connectivity index (χ2v) is 6.16. The van der Waals surface area contributed by atoms with Gasteiger partial charge in [-0.05, 0) is 20.0 Å². The topological polar surface area (TPSA) is 48.9 Å². The van der Waals surface area contributed by atoms with E-state index in [-0.39, 0.29) is 12.1 Å². The molecule has 0 saturated carbocycles. The minimum absolute atomic E-state index is 0.0470. The number of rotatable bonds is 2. The van der Waals surface area contributed by atoms with E-state index >= 15 is 0 Å². The number of piperazine rings is 1. The summed E-state index contributed by atoms with van der Waals surface area (Å²) in [7, 11) is 2.09. The second kappa shape index (κ2) is 6.52. The number of likely N-dealkylation sites (tertiary alicyclic amines) is 1. The number of pyridine rings is 1. The first-order chi connectivity index (χ1) is 10.6. The molecule has 0 radical (unpaired) electrons. The van der Waals surface area contributed by atoms with Gasteiger partial charge in [-0.15, -0.1) is 0 Å². The Morgan fingerprint density at radius 2 is 1.95 bits per heavy atom. The summed E-state index contributed by atoms with van der Waals surface area (Å²) in [6.07, 6.45) is 0.917. The predicted octanol–water partition coefficient (Wildman–Crippen LogP) is 1.21. The zero-order valence-electron chi connectivity index (χ0n) is 13.4. The highest BCUT2D eigenvalue weighted by atomic mass is 16.5. The maximum atomic E-state index is 12.5. The van der Waals surface area contributed by atoms with Crippen LogP contribution < -0.4 is 4.74 Å². The summed E-state index contributed by atoms with van der Waals surface area (Å²) in [5, 5.41) is 0. The molecule has 1 unspecified atom stereocenters. The number of urea groups is 1. The van der Waals surface area contributed by atoms with Gasteiger partial charge in [0.05, 0.1) is 6.54 Å². The Morgan fingerprint density at radius 1 is 1.18 bits per heavy atom. The molecule has 1 aromatic heterocycles. The fraction of sp³-hybridized carbons (Fsp3) is 0.625. The van der Waals surface area contributed by atoms with E-state index in [2.05, 4.69) is 16.9 Å². The van der Waals surface area contributed by atoms with E-state index in [1.165, 1.54) is 0 Å². The Bertz CT molecular complexity index is 529. The highest BCUT2D eigenvalue weighted by Gasteiger charge is 2.31. The third-order valence-corrected chi connectivity index (χ3v) is 4.34. The number of aromatic nitrogens is 1. The molecule has 2 aliphatic heterocycles. The molecule has 0 N–H and O–H groups in total. The molecule has 0 spiro atoms. The lowest BCUT2D eigenvalue weighted by atomic mass is 10.3. The molecule has 0 bridgehead atoms. The van der Waals surface area contributed by atoms with Gasteiger partial charge < -0.3 is 19.4 Å². The summed E-state index contributed by atoms with van der Waals surface area (Å²) in [5.74, 6) is 0.652. The number of likely N-dealkylation sites (N-methyl/N-ethyl adjacent to an activating group) is 1. The minimum Gasteiger partial charge on any atom is -0.472 e. The Hall–Kier alpha value is -1.82. The molecule has 6 heteroatoms. The van der Waals surface area contributed by atoms with Crippen molar-refractivity contribution in [2.24, 2.45) is 0 Å². The Balaban J connectivity index is 1.52. The van der Waals surface area contributed by atoms with E-state index < -0.39 is 0 Å². The number of hydrogen-bond acceptors (Lipinski definition) is 4. The Kier molecular flexibility index (Phi) is 4.47. The Labute approximate surface area is 131 Å². The van der Waals surface area contributed by atoms with Crippen molar-refractivity contribution in [2.75, 3.05) is 46.3 Å². The van der Waals surface area contributed by atoms with Gasteiger partial charge in [-0.3, -0.25) is 0 Å².